The summed E-state index contributed by atoms with van der Waals surface area (Å²) in [6.07, 6.45) is 11.5. The van der Waals surface area contributed by atoms with Crippen molar-refractivity contribution >= 4 is 10.8 Å². The number of unbranched alkanes of at least 4 members (excludes halogenated alkanes) is 8. The lowest BCUT2D eigenvalue weighted by Crippen LogP contribution is -2.01. The second-order valence-electron chi connectivity index (χ2n) is 4.10. The Labute approximate surface area is 96.9 Å². The Morgan fingerprint density at radius 3 is 1.80 bits per heavy atom. The van der Waals surface area contributed by atoms with E-state index in [9.17, 15) is 4.21 Å². The van der Waals surface area contributed by atoms with Crippen molar-refractivity contribution in [3.63, 3.8) is 0 Å². The van der Waals surface area contributed by atoms with Gasteiger partial charge in [-0.1, -0.05) is 58.3 Å². The summed E-state index contributed by atoms with van der Waals surface area (Å²) in [4.78, 5) is 0. The van der Waals surface area contributed by atoms with Crippen LogP contribution in [0.3, 0.4) is 0 Å². The normalized spacial score (nSPS) is 12.9. The molecular weight excluding hydrogens is 208 g/mol. The van der Waals surface area contributed by atoms with Crippen molar-refractivity contribution in [3.8, 4) is 0 Å². The summed E-state index contributed by atoms with van der Waals surface area (Å²) in [5, 5.41) is 8.56. The number of hydrogen-bond acceptors (Lipinski definition) is 2. The Hall–Kier alpha value is 0.110. The molecule has 0 aliphatic rings. The molecule has 0 saturated heterocycles. The van der Waals surface area contributed by atoms with Crippen molar-refractivity contribution in [3.05, 3.63) is 0 Å². The molecule has 0 fully saturated rings. The van der Waals surface area contributed by atoms with Crippen LogP contribution in [0.2, 0.25) is 0 Å². The highest BCUT2D eigenvalue weighted by molar-refractivity contribution is 7.84. The smallest absolute Gasteiger partial charge is 0.118 e. The van der Waals surface area contributed by atoms with Gasteiger partial charge in [-0.25, -0.2) is 0 Å². The summed E-state index contributed by atoms with van der Waals surface area (Å²) in [5.74, 6) is 0.503. The first-order valence-electron chi connectivity index (χ1n) is 6.27. The zero-order chi connectivity index (χ0) is 11.4. The quantitative estimate of drug-likeness (QED) is 0.557. The Balaban J connectivity index is 2.95. The van der Waals surface area contributed by atoms with Crippen LogP contribution >= 0.6 is 0 Å². The van der Waals surface area contributed by atoms with Crippen LogP contribution in [0.15, 0.2) is 0 Å². The monoisotopic (exact) mass is 234 g/mol. The maximum atomic E-state index is 10.9. The van der Waals surface area contributed by atoms with Gasteiger partial charge in [-0.05, 0) is 6.42 Å². The van der Waals surface area contributed by atoms with Crippen LogP contribution in [0.25, 0.3) is 0 Å². The molecule has 1 N–H and O–H groups in total. The van der Waals surface area contributed by atoms with Crippen LogP contribution in [0.5, 0.6) is 0 Å². The average Bonchev–Trinajstić information content (AvgIpc) is 2.26. The van der Waals surface area contributed by atoms with Crippen LogP contribution in [0.1, 0.15) is 64.7 Å². The molecule has 92 valence electrons. The van der Waals surface area contributed by atoms with Gasteiger partial charge in [0.2, 0.25) is 0 Å². The SMILES string of the molecule is CCCCCCCCCCCS(=O)CO. The molecule has 0 saturated carbocycles. The van der Waals surface area contributed by atoms with Crippen LogP contribution in [0, 0.1) is 0 Å². The highest BCUT2D eigenvalue weighted by Crippen LogP contribution is 2.09. The zero-order valence-corrected chi connectivity index (χ0v) is 10.9. The molecule has 0 aromatic carbocycles. The molecule has 1 atom stereocenters. The van der Waals surface area contributed by atoms with Gasteiger partial charge in [0.05, 0.1) is 0 Å². The predicted octanol–water partition coefficient (Wildman–Crippen LogP) is 3.22. The number of aliphatic hydroxyl groups is 1. The molecule has 0 bridgehead atoms. The second kappa shape index (κ2) is 12.2. The van der Waals surface area contributed by atoms with E-state index in [1.807, 2.05) is 0 Å². The molecule has 0 aromatic heterocycles. The van der Waals surface area contributed by atoms with Gasteiger partial charge in [0.1, 0.15) is 5.94 Å². The van der Waals surface area contributed by atoms with E-state index in [2.05, 4.69) is 6.92 Å². The largest absolute Gasteiger partial charge is 0.383 e. The Kier molecular flexibility index (Phi) is 12.3. The fourth-order valence-corrected chi connectivity index (χ4v) is 2.29. The molecule has 0 aromatic rings. The van der Waals surface area contributed by atoms with Gasteiger partial charge in [-0.3, -0.25) is 4.21 Å². The van der Waals surface area contributed by atoms with Crippen molar-refractivity contribution in [2.75, 3.05) is 11.7 Å². The fourth-order valence-electron chi connectivity index (χ4n) is 1.64. The molecule has 0 heterocycles. The lowest BCUT2D eigenvalue weighted by atomic mass is 10.1. The first-order valence-corrected chi connectivity index (χ1v) is 7.76. The molecule has 0 aliphatic carbocycles. The summed E-state index contributed by atoms with van der Waals surface area (Å²) in [7, 11) is -0.983. The highest BCUT2D eigenvalue weighted by Gasteiger charge is 1.96. The summed E-state index contributed by atoms with van der Waals surface area (Å²) < 4.78 is 10.9. The van der Waals surface area contributed by atoms with Gasteiger partial charge in [0, 0.05) is 16.6 Å². The number of hydrogen-bond donors (Lipinski definition) is 1. The minimum Gasteiger partial charge on any atom is -0.383 e. The van der Waals surface area contributed by atoms with Crippen molar-refractivity contribution in [2.24, 2.45) is 0 Å². The van der Waals surface area contributed by atoms with E-state index in [0.717, 1.165) is 6.42 Å². The lowest BCUT2D eigenvalue weighted by Gasteiger charge is -2.01. The summed E-state index contributed by atoms with van der Waals surface area (Å²) in [5.41, 5.74) is 0. The first kappa shape index (κ1) is 15.1. The zero-order valence-electron chi connectivity index (χ0n) is 10.0. The van der Waals surface area contributed by atoms with Crippen molar-refractivity contribution in [2.45, 2.75) is 64.7 Å². The van der Waals surface area contributed by atoms with Gasteiger partial charge < -0.3 is 5.11 Å². The number of aliphatic hydroxyl groups excluding tert-OH is 1. The van der Waals surface area contributed by atoms with Crippen LogP contribution in [-0.2, 0) is 10.8 Å². The average molecular weight is 234 g/mol. The molecule has 3 heteroatoms. The minimum absolute atomic E-state index is 0.170. The third-order valence-corrected chi connectivity index (χ3v) is 3.65. The van der Waals surface area contributed by atoms with E-state index >= 15 is 0 Å². The molecule has 1 unspecified atom stereocenters. The topological polar surface area (TPSA) is 37.3 Å². The van der Waals surface area contributed by atoms with Crippen LogP contribution < -0.4 is 0 Å². The van der Waals surface area contributed by atoms with Gasteiger partial charge >= 0.3 is 0 Å². The molecular formula is C12H26O2S. The Bertz CT molecular complexity index is 149. The van der Waals surface area contributed by atoms with E-state index in [1.54, 1.807) is 0 Å². The van der Waals surface area contributed by atoms with E-state index in [-0.39, 0.29) is 5.94 Å². The van der Waals surface area contributed by atoms with Crippen molar-refractivity contribution in [1.82, 2.24) is 0 Å². The maximum Gasteiger partial charge on any atom is 0.118 e. The molecule has 0 aliphatic heterocycles. The van der Waals surface area contributed by atoms with E-state index in [0.29, 0.717) is 5.75 Å². The van der Waals surface area contributed by atoms with E-state index in [1.165, 1.54) is 51.4 Å². The molecule has 0 amide bonds. The molecule has 2 nitrogen and oxygen atoms in total. The maximum absolute atomic E-state index is 10.9. The summed E-state index contributed by atoms with van der Waals surface area (Å²) in [6, 6.07) is 0. The van der Waals surface area contributed by atoms with Gasteiger partial charge in [0.15, 0.2) is 0 Å². The van der Waals surface area contributed by atoms with Gasteiger partial charge in [-0.15, -0.1) is 0 Å². The van der Waals surface area contributed by atoms with Crippen LogP contribution in [0.4, 0.5) is 0 Å². The Morgan fingerprint density at radius 1 is 0.867 bits per heavy atom. The molecule has 0 radical (unpaired) electrons. The van der Waals surface area contributed by atoms with Gasteiger partial charge in [-0.2, -0.15) is 0 Å². The molecule has 0 spiro atoms. The third-order valence-electron chi connectivity index (χ3n) is 2.62. The molecule has 0 rings (SSSR count). The van der Waals surface area contributed by atoms with Crippen molar-refractivity contribution in [1.29, 1.82) is 0 Å². The van der Waals surface area contributed by atoms with E-state index < -0.39 is 10.8 Å². The molecule has 15 heavy (non-hydrogen) atoms. The number of rotatable bonds is 11. The summed E-state index contributed by atoms with van der Waals surface area (Å²) in [6.45, 7) is 2.24. The highest BCUT2D eigenvalue weighted by atomic mass is 32.2. The minimum atomic E-state index is -0.983. The van der Waals surface area contributed by atoms with Gasteiger partial charge in [0.25, 0.3) is 0 Å². The first-order chi connectivity index (χ1) is 7.31. The lowest BCUT2D eigenvalue weighted by molar-refractivity contribution is 0.368. The van der Waals surface area contributed by atoms with E-state index in [4.69, 9.17) is 5.11 Å². The standard InChI is InChI=1S/C12H26O2S/c1-2-3-4-5-6-7-8-9-10-11-15(14)12-13/h13H,2-12H2,1H3. The van der Waals surface area contributed by atoms with Crippen LogP contribution in [-0.4, -0.2) is 21.0 Å². The fraction of sp³-hybridized carbons (Fsp3) is 1.00. The predicted molar refractivity (Wildman–Crippen MR) is 67.3 cm³/mol. The third kappa shape index (κ3) is 12.0. The van der Waals surface area contributed by atoms with Crippen molar-refractivity contribution < 1.29 is 9.32 Å². The Morgan fingerprint density at radius 2 is 1.33 bits per heavy atom. The summed E-state index contributed by atoms with van der Waals surface area (Å²) >= 11 is 0. The second-order valence-corrected chi connectivity index (χ2v) is 5.65.